The largest absolute Gasteiger partial charge is 0.497 e. The molecule has 0 saturated carbocycles. The maximum Gasteiger partial charge on any atom is 0.274 e. The number of benzene rings is 1. The molecule has 0 unspecified atom stereocenters. The molecule has 2 N–H and O–H groups in total. The Morgan fingerprint density at radius 1 is 1.33 bits per heavy atom. The van der Waals surface area contributed by atoms with Crippen LogP contribution >= 0.6 is 0 Å². The van der Waals surface area contributed by atoms with Crippen molar-refractivity contribution < 1.29 is 19.4 Å². The molecule has 0 fully saturated rings. The molecule has 2 aromatic rings. The third-order valence-corrected chi connectivity index (χ3v) is 3.51. The van der Waals surface area contributed by atoms with E-state index in [-0.39, 0.29) is 31.7 Å². The molecule has 1 amide bonds. The fourth-order valence-corrected chi connectivity index (χ4v) is 2.25. The number of aliphatic hydroxyl groups excluding tert-OH is 1. The molecule has 0 aliphatic heterocycles. The predicted octanol–water partition coefficient (Wildman–Crippen LogP) is 1.84. The molecule has 1 heterocycles. The van der Waals surface area contributed by atoms with Gasteiger partial charge in [-0.25, -0.2) is 0 Å². The number of ether oxygens (including phenoxy) is 2. The molecule has 0 aliphatic carbocycles. The molecule has 0 bridgehead atoms. The number of aromatic nitrogens is 2. The van der Waals surface area contributed by atoms with Crippen LogP contribution in [0.5, 0.6) is 11.5 Å². The van der Waals surface area contributed by atoms with Gasteiger partial charge in [-0.05, 0) is 32.0 Å². The van der Waals surface area contributed by atoms with Crippen molar-refractivity contribution in [3.63, 3.8) is 0 Å². The van der Waals surface area contributed by atoms with Crippen LogP contribution in [0.2, 0.25) is 0 Å². The molecule has 2 rings (SSSR count). The Hall–Kier alpha value is -2.54. The summed E-state index contributed by atoms with van der Waals surface area (Å²) in [5, 5.41) is 15.9. The van der Waals surface area contributed by atoms with Gasteiger partial charge in [0.05, 0.1) is 19.4 Å². The summed E-state index contributed by atoms with van der Waals surface area (Å²) in [7, 11) is 1.60. The maximum absolute atomic E-state index is 12.4. The molecule has 24 heavy (non-hydrogen) atoms. The van der Waals surface area contributed by atoms with Crippen LogP contribution in [-0.4, -0.2) is 52.4 Å². The van der Waals surface area contributed by atoms with Gasteiger partial charge in [0.25, 0.3) is 5.91 Å². The second-order valence-electron chi connectivity index (χ2n) is 5.56. The van der Waals surface area contributed by atoms with E-state index in [2.05, 4.69) is 10.2 Å². The van der Waals surface area contributed by atoms with Crippen molar-refractivity contribution in [1.29, 1.82) is 0 Å². The van der Waals surface area contributed by atoms with E-state index in [1.807, 2.05) is 32.0 Å². The van der Waals surface area contributed by atoms with Crippen molar-refractivity contribution in [3.8, 4) is 11.5 Å². The Labute approximate surface area is 141 Å². The molecule has 7 nitrogen and oxygen atoms in total. The fraction of sp³-hybridized carbons (Fsp3) is 0.412. The number of aliphatic hydroxyl groups is 1. The van der Waals surface area contributed by atoms with Gasteiger partial charge in [-0.15, -0.1) is 0 Å². The Morgan fingerprint density at radius 3 is 2.75 bits per heavy atom. The normalized spacial score (nSPS) is 10.7. The van der Waals surface area contributed by atoms with Crippen molar-refractivity contribution in [3.05, 3.63) is 41.7 Å². The van der Waals surface area contributed by atoms with Crippen molar-refractivity contribution in [2.24, 2.45) is 0 Å². The monoisotopic (exact) mass is 333 g/mol. The maximum atomic E-state index is 12.4. The van der Waals surface area contributed by atoms with Gasteiger partial charge < -0.3 is 19.5 Å². The van der Waals surface area contributed by atoms with E-state index < -0.39 is 0 Å². The molecule has 130 valence electrons. The van der Waals surface area contributed by atoms with Crippen molar-refractivity contribution in [1.82, 2.24) is 15.1 Å². The Bertz CT molecular complexity index is 669. The van der Waals surface area contributed by atoms with Gasteiger partial charge in [0.2, 0.25) is 0 Å². The van der Waals surface area contributed by atoms with Gasteiger partial charge in [-0.1, -0.05) is 6.07 Å². The zero-order valence-electron chi connectivity index (χ0n) is 14.2. The quantitative estimate of drug-likeness (QED) is 0.770. The van der Waals surface area contributed by atoms with Crippen LogP contribution < -0.4 is 9.47 Å². The minimum atomic E-state index is -0.220. The average Bonchev–Trinajstić information content (AvgIpc) is 3.06. The Morgan fingerprint density at radius 2 is 2.08 bits per heavy atom. The summed E-state index contributed by atoms with van der Waals surface area (Å²) >= 11 is 0. The van der Waals surface area contributed by atoms with Crippen LogP contribution in [-0.2, 0) is 6.61 Å². The molecule has 0 spiro atoms. The zero-order valence-corrected chi connectivity index (χ0v) is 14.2. The topological polar surface area (TPSA) is 87.7 Å². The molecule has 1 aromatic carbocycles. The standard InChI is InChI=1S/C17H23N3O4/c1-12(2)20(7-8-21)17(22)16-9-13(18-19-16)11-24-15-6-4-5-14(10-15)23-3/h4-6,9-10,12,21H,7-8,11H2,1-3H3,(H,18,19). The van der Waals surface area contributed by atoms with E-state index >= 15 is 0 Å². The molecular weight excluding hydrogens is 310 g/mol. The van der Waals surface area contributed by atoms with E-state index in [0.29, 0.717) is 22.9 Å². The molecule has 0 saturated heterocycles. The minimum Gasteiger partial charge on any atom is -0.497 e. The Balaban J connectivity index is 2.00. The number of nitrogens with one attached hydrogen (secondary N) is 1. The second-order valence-corrected chi connectivity index (χ2v) is 5.56. The van der Waals surface area contributed by atoms with Crippen molar-refractivity contribution >= 4 is 5.91 Å². The third-order valence-electron chi connectivity index (χ3n) is 3.51. The SMILES string of the molecule is COc1cccc(OCc2cc(C(=O)N(CCO)C(C)C)n[nH]2)c1. The lowest BCUT2D eigenvalue weighted by Crippen LogP contribution is -2.39. The third kappa shape index (κ3) is 4.48. The van der Waals surface area contributed by atoms with E-state index in [4.69, 9.17) is 14.6 Å². The highest BCUT2D eigenvalue weighted by Gasteiger charge is 2.20. The van der Waals surface area contributed by atoms with Gasteiger partial charge in [0.1, 0.15) is 18.1 Å². The van der Waals surface area contributed by atoms with Gasteiger partial charge in [0.15, 0.2) is 5.69 Å². The molecule has 0 radical (unpaired) electrons. The number of methoxy groups -OCH3 is 1. The van der Waals surface area contributed by atoms with Crippen molar-refractivity contribution in [2.75, 3.05) is 20.3 Å². The van der Waals surface area contributed by atoms with E-state index in [1.54, 1.807) is 24.1 Å². The zero-order chi connectivity index (χ0) is 17.5. The number of carbonyl (C=O) groups is 1. The number of hydrogen-bond acceptors (Lipinski definition) is 5. The summed E-state index contributed by atoms with van der Waals surface area (Å²) in [6.45, 7) is 4.24. The number of H-pyrrole nitrogens is 1. The van der Waals surface area contributed by atoms with Gasteiger partial charge in [0, 0.05) is 18.7 Å². The molecule has 0 aliphatic rings. The molecule has 0 atom stereocenters. The van der Waals surface area contributed by atoms with Crippen LogP contribution in [0, 0.1) is 0 Å². The number of nitrogens with zero attached hydrogens (tertiary/aromatic N) is 2. The summed E-state index contributed by atoms with van der Waals surface area (Å²) in [6.07, 6.45) is 0. The lowest BCUT2D eigenvalue weighted by molar-refractivity contribution is 0.0659. The highest BCUT2D eigenvalue weighted by atomic mass is 16.5. The summed E-state index contributed by atoms with van der Waals surface area (Å²) in [5.41, 5.74) is 0.996. The first-order valence-corrected chi connectivity index (χ1v) is 7.78. The first-order chi connectivity index (χ1) is 11.5. The average molecular weight is 333 g/mol. The van der Waals surface area contributed by atoms with Crippen molar-refractivity contribution in [2.45, 2.75) is 26.5 Å². The second kappa shape index (κ2) is 8.35. The smallest absolute Gasteiger partial charge is 0.274 e. The Kier molecular flexibility index (Phi) is 6.20. The van der Waals surface area contributed by atoms with Gasteiger partial charge in [-0.3, -0.25) is 9.89 Å². The number of carbonyl (C=O) groups excluding carboxylic acids is 1. The highest BCUT2D eigenvalue weighted by Crippen LogP contribution is 2.20. The van der Waals surface area contributed by atoms with Crippen LogP contribution in [0.3, 0.4) is 0 Å². The van der Waals surface area contributed by atoms with E-state index in [1.165, 1.54) is 0 Å². The van der Waals surface area contributed by atoms with Crippen LogP contribution in [0.15, 0.2) is 30.3 Å². The first kappa shape index (κ1) is 17.8. The number of hydrogen-bond donors (Lipinski definition) is 2. The number of aromatic amines is 1. The van der Waals surface area contributed by atoms with Gasteiger partial charge >= 0.3 is 0 Å². The fourth-order valence-electron chi connectivity index (χ4n) is 2.25. The lowest BCUT2D eigenvalue weighted by atomic mass is 10.2. The summed E-state index contributed by atoms with van der Waals surface area (Å²) < 4.78 is 10.8. The minimum absolute atomic E-state index is 0.0159. The lowest BCUT2D eigenvalue weighted by Gasteiger charge is -2.24. The van der Waals surface area contributed by atoms with Crippen LogP contribution in [0.1, 0.15) is 30.0 Å². The molecule has 7 heteroatoms. The summed E-state index contributed by atoms with van der Waals surface area (Å²) in [6, 6.07) is 8.93. The summed E-state index contributed by atoms with van der Waals surface area (Å²) in [5.74, 6) is 1.16. The summed E-state index contributed by atoms with van der Waals surface area (Å²) in [4.78, 5) is 14.0. The van der Waals surface area contributed by atoms with E-state index in [0.717, 1.165) is 0 Å². The first-order valence-electron chi connectivity index (χ1n) is 7.78. The van der Waals surface area contributed by atoms with Crippen LogP contribution in [0.4, 0.5) is 0 Å². The molecular formula is C17H23N3O4. The number of amides is 1. The van der Waals surface area contributed by atoms with Gasteiger partial charge in [-0.2, -0.15) is 5.10 Å². The molecule has 1 aromatic heterocycles. The predicted molar refractivity (Wildman–Crippen MR) is 89.2 cm³/mol. The van der Waals surface area contributed by atoms with E-state index in [9.17, 15) is 4.79 Å². The van der Waals surface area contributed by atoms with Crippen LogP contribution in [0.25, 0.3) is 0 Å². The highest BCUT2D eigenvalue weighted by molar-refractivity contribution is 5.92. The number of rotatable bonds is 8.